The summed E-state index contributed by atoms with van der Waals surface area (Å²) in [5, 5.41) is 2.74. The fourth-order valence-corrected chi connectivity index (χ4v) is 1.84. The van der Waals surface area contributed by atoms with E-state index in [0.29, 0.717) is 18.5 Å². The Morgan fingerprint density at radius 3 is 3.00 bits per heavy atom. The molecular formula is C13H15NO3. The Kier molecular flexibility index (Phi) is 3.42. The molecule has 0 aliphatic carbocycles. The van der Waals surface area contributed by atoms with E-state index < -0.39 is 12.1 Å². The third kappa shape index (κ3) is 2.46. The van der Waals surface area contributed by atoms with Gasteiger partial charge < -0.3 is 10.1 Å². The predicted molar refractivity (Wildman–Crippen MR) is 62.7 cm³/mol. The average molecular weight is 233 g/mol. The number of fused-ring (bicyclic) bond motifs is 1. The van der Waals surface area contributed by atoms with Crippen LogP contribution in [0, 0.1) is 0 Å². The van der Waals surface area contributed by atoms with Gasteiger partial charge in [0.1, 0.15) is 0 Å². The van der Waals surface area contributed by atoms with Crippen molar-refractivity contribution >= 4 is 11.9 Å². The summed E-state index contributed by atoms with van der Waals surface area (Å²) in [5.74, 6) is -0.627. The minimum atomic E-state index is -0.691. The van der Waals surface area contributed by atoms with E-state index in [9.17, 15) is 9.59 Å². The number of hydrogen-bond acceptors (Lipinski definition) is 3. The van der Waals surface area contributed by atoms with Gasteiger partial charge in [-0.3, -0.25) is 4.79 Å². The molecule has 4 nitrogen and oxygen atoms in total. The van der Waals surface area contributed by atoms with Crippen molar-refractivity contribution in [2.24, 2.45) is 0 Å². The Morgan fingerprint density at radius 2 is 2.24 bits per heavy atom. The smallest absolute Gasteiger partial charge is 0.339 e. The van der Waals surface area contributed by atoms with Gasteiger partial charge in [0.2, 0.25) is 0 Å². The molecule has 1 amide bonds. The summed E-state index contributed by atoms with van der Waals surface area (Å²) in [4.78, 5) is 23.4. The fourth-order valence-electron chi connectivity index (χ4n) is 1.84. The molecule has 0 fully saturated rings. The summed E-state index contributed by atoms with van der Waals surface area (Å²) in [6, 6.07) is 7.23. The van der Waals surface area contributed by atoms with E-state index in [1.165, 1.54) is 0 Å². The van der Waals surface area contributed by atoms with Crippen LogP contribution in [-0.2, 0) is 16.0 Å². The molecule has 17 heavy (non-hydrogen) atoms. The van der Waals surface area contributed by atoms with E-state index in [1.807, 2.05) is 19.1 Å². The summed E-state index contributed by atoms with van der Waals surface area (Å²) in [5.41, 5.74) is 1.44. The van der Waals surface area contributed by atoms with Crippen LogP contribution in [0.5, 0.6) is 0 Å². The first-order valence-corrected chi connectivity index (χ1v) is 5.79. The normalized spacial score (nSPS) is 18.2. The molecule has 1 aliphatic rings. The van der Waals surface area contributed by atoms with Crippen molar-refractivity contribution in [1.82, 2.24) is 5.32 Å². The van der Waals surface area contributed by atoms with Gasteiger partial charge in [0, 0.05) is 13.0 Å². The third-order valence-corrected chi connectivity index (χ3v) is 2.73. The molecule has 4 heteroatoms. The highest BCUT2D eigenvalue weighted by Crippen LogP contribution is 2.20. The van der Waals surface area contributed by atoms with Crippen molar-refractivity contribution in [2.75, 3.05) is 6.54 Å². The molecule has 1 N–H and O–H groups in total. The fraction of sp³-hybridized carbons (Fsp3) is 0.385. The molecule has 2 rings (SSSR count). The average Bonchev–Trinajstić information content (AvgIpc) is 2.36. The number of esters is 1. The maximum Gasteiger partial charge on any atom is 0.339 e. The first-order chi connectivity index (χ1) is 8.22. The summed E-state index contributed by atoms with van der Waals surface area (Å²) < 4.78 is 5.12. The lowest BCUT2D eigenvalue weighted by Crippen LogP contribution is -2.42. The van der Waals surface area contributed by atoms with E-state index in [0.717, 1.165) is 12.0 Å². The molecule has 0 spiro atoms. The molecule has 0 aromatic heterocycles. The van der Waals surface area contributed by atoms with E-state index in [-0.39, 0.29) is 5.91 Å². The zero-order valence-corrected chi connectivity index (χ0v) is 9.73. The summed E-state index contributed by atoms with van der Waals surface area (Å²) >= 11 is 0. The summed E-state index contributed by atoms with van der Waals surface area (Å²) in [6.07, 6.45) is 0.629. The van der Waals surface area contributed by atoms with Crippen LogP contribution in [0.1, 0.15) is 29.3 Å². The molecule has 1 aromatic carbocycles. The number of cyclic esters (lactones) is 1. The minimum absolute atomic E-state index is 0.213. The topological polar surface area (TPSA) is 55.4 Å². The molecule has 1 heterocycles. The highest BCUT2D eigenvalue weighted by molar-refractivity contribution is 5.95. The van der Waals surface area contributed by atoms with Gasteiger partial charge in [0.25, 0.3) is 5.91 Å². The lowest BCUT2D eigenvalue weighted by Gasteiger charge is -2.23. The van der Waals surface area contributed by atoms with Crippen LogP contribution in [0.25, 0.3) is 0 Å². The second-order valence-corrected chi connectivity index (χ2v) is 4.05. The number of carbonyl (C=O) groups excluding carboxylic acids is 2. The van der Waals surface area contributed by atoms with Crippen LogP contribution in [0.2, 0.25) is 0 Å². The lowest BCUT2D eigenvalue weighted by molar-refractivity contribution is -0.130. The van der Waals surface area contributed by atoms with Crippen LogP contribution in [0.4, 0.5) is 0 Å². The molecular weight excluding hydrogens is 218 g/mol. The maximum atomic E-state index is 11.7. The van der Waals surface area contributed by atoms with Crippen molar-refractivity contribution in [2.45, 2.75) is 25.9 Å². The van der Waals surface area contributed by atoms with Crippen molar-refractivity contribution < 1.29 is 14.3 Å². The van der Waals surface area contributed by atoms with Gasteiger partial charge in [0.05, 0.1) is 5.56 Å². The molecule has 0 bridgehead atoms. The van der Waals surface area contributed by atoms with Gasteiger partial charge in [-0.05, 0) is 18.1 Å². The quantitative estimate of drug-likeness (QED) is 0.800. The Labute approximate surface area is 100.0 Å². The maximum absolute atomic E-state index is 11.7. The zero-order valence-electron chi connectivity index (χ0n) is 9.73. The number of nitrogens with one attached hydrogen (secondary N) is 1. The monoisotopic (exact) mass is 233 g/mol. The van der Waals surface area contributed by atoms with Crippen LogP contribution >= 0.6 is 0 Å². The number of amides is 1. The van der Waals surface area contributed by atoms with Gasteiger partial charge in [-0.2, -0.15) is 0 Å². The molecule has 0 saturated carbocycles. The summed E-state index contributed by atoms with van der Waals surface area (Å²) in [6.45, 7) is 2.58. The van der Waals surface area contributed by atoms with Crippen molar-refractivity contribution in [1.29, 1.82) is 0 Å². The van der Waals surface area contributed by atoms with E-state index in [1.54, 1.807) is 12.1 Å². The first-order valence-electron chi connectivity index (χ1n) is 5.79. The lowest BCUT2D eigenvalue weighted by atomic mass is 9.98. The van der Waals surface area contributed by atoms with Gasteiger partial charge >= 0.3 is 5.97 Å². The van der Waals surface area contributed by atoms with Gasteiger partial charge in [-0.1, -0.05) is 25.1 Å². The zero-order chi connectivity index (χ0) is 12.3. The van der Waals surface area contributed by atoms with Crippen molar-refractivity contribution in [3.63, 3.8) is 0 Å². The molecule has 1 atom stereocenters. The van der Waals surface area contributed by atoms with Gasteiger partial charge in [-0.25, -0.2) is 4.79 Å². The van der Waals surface area contributed by atoms with E-state index >= 15 is 0 Å². The number of carbonyl (C=O) groups is 2. The van der Waals surface area contributed by atoms with E-state index in [2.05, 4.69) is 5.32 Å². The molecule has 90 valence electrons. The number of rotatable bonds is 3. The molecule has 1 aliphatic heterocycles. The second-order valence-electron chi connectivity index (χ2n) is 4.05. The minimum Gasteiger partial charge on any atom is -0.448 e. The molecule has 1 aromatic rings. The Hall–Kier alpha value is -1.84. The molecule has 0 radical (unpaired) electrons. The molecule has 1 unspecified atom stereocenters. The second kappa shape index (κ2) is 4.99. The predicted octanol–water partition coefficient (Wildman–Crippen LogP) is 1.29. The van der Waals surface area contributed by atoms with Crippen molar-refractivity contribution in [3.05, 3.63) is 35.4 Å². The van der Waals surface area contributed by atoms with Crippen LogP contribution < -0.4 is 5.32 Å². The highest BCUT2D eigenvalue weighted by Gasteiger charge is 2.30. The van der Waals surface area contributed by atoms with Crippen LogP contribution in [-0.4, -0.2) is 24.5 Å². The Morgan fingerprint density at radius 1 is 1.47 bits per heavy atom. The van der Waals surface area contributed by atoms with Crippen molar-refractivity contribution in [3.8, 4) is 0 Å². The Bertz CT molecular complexity index is 442. The number of hydrogen-bond donors (Lipinski definition) is 1. The van der Waals surface area contributed by atoms with E-state index in [4.69, 9.17) is 4.74 Å². The first kappa shape index (κ1) is 11.6. The largest absolute Gasteiger partial charge is 0.448 e. The van der Waals surface area contributed by atoms with Gasteiger partial charge in [-0.15, -0.1) is 0 Å². The summed E-state index contributed by atoms with van der Waals surface area (Å²) in [7, 11) is 0. The third-order valence-electron chi connectivity index (χ3n) is 2.73. The molecule has 0 saturated heterocycles. The number of ether oxygens (including phenoxy) is 1. The number of benzene rings is 1. The SMILES string of the molecule is CCCNC(=O)C1Cc2ccccc2C(=O)O1. The van der Waals surface area contributed by atoms with Gasteiger partial charge in [0.15, 0.2) is 6.10 Å². The standard InChI is InChI=1S/C13H15NO3/c1-2-7-14-12(15)11-8-9-5-3-4-6-10(9)13(16)17-11/h3-6,11H,2,7-8H2,1H3,(H,14,15). The van der Waals surface area contributed by atoms with Crippen LogP contribution in [0.3, 0.4) is 0 Å². The van der Waals surface area contributed by atoms with Crippen LogP contribution in [0.15, 0.2) is 24.3 Å². The Balaban J connectivity index is 2.11. The highest BCUT2D eigenvalue weighted by atomic mass is 16.5.